The minimum absolute atomic E-state index is 0.219. The van der Waals surface area contributed by atoms with Crippen LogP contribution in [0.1, 0.15) is 20.8 Å². The van der Waals surface area contributed by atoms with E-state index in [1.54, 1.807) is 26.8 Å². The van der Waals surface area contributed by atoms with Crippen molar-refractivity contribution >= 4 is 0 Å². The van der Waals surface area contributed by atoms with Crippen LogP contribution in [-0.2, 0) is 18.9 Å². The predicted octanol–water partition coefficient (Wildman–Crippen LogP) is 0.135. The number of hydrogen-bond donors (Lipinski definition) is 2. The first-order valence-corrected chi connectivity index (χ1v) is 6.05. The third-order valence-electron chi connectivity index (χ3n) is 2.98. The lowest BCUT2D eigenvalue weighted by Gasteiger charge is -2.38. The van der Waals surface area contributed by atoms with E-state index < -0.39 is 36.5 Å². The maximum absolute atomic E-state index is 10.1. The fraction of sp³-hybridized carbons (Fsp3) is 0.833. The quantitative estimate of drug-likeness (QED) is 0.703. The number of hydrogen-bond acceptors (Lipinski definition) is 6. The van der Waals surface area contributed by atoms with Crippen LogP contribution in [0.2, 0.25) is 0 Å². The lowest BCUT2D eigenvalue weighted by atomic mass is 9.99. The van der Waals surface area contributed by atoms with Crippen molar-refractivity contribution in [2.24, 2.45) is 0 Å². The Labute approximate surface area is 106 Å². The van der Waals surface area contributed by atoms with Gasteiger partial charge in [0.2, 0.25) is 6.29 Å². The average Bonchev–Trinajstić information content (AvgIpc) is 2.65. The summed E-state index contributed by atoms with van der Waals surface area (Å²) < 4.78 is 22.0. The molecule has 18 heavy (non-hydrogen) atoms. The maximum Gasteiger partial charge on any atom is 0.228 e. The van der Waals surface area contributed by atoms with E-state index in [1.165, 1.54) is 6.26 Å². The highest BCUT2D eigenvalue weighted by Gasteiger charge is 2.55. The fourth-order valence-electron chi connectivity index (χ4n) is 2.27. The molecule has 5 atom stereocenters. The van der Waals surface area contributed by atoms with Gasteiger partial charge in [-0.05, 0) is 20.8 Å². The van der Waals surface area contributed by atoms with Crippen LogP contribution in [0.3, 0.4) is 0 Å². The summed E-state index contributed by atoms with van der Waals surface area (Å²) in [6, 6.07) is 0. The second-order valence-corrected chi connectivity index (χ2v) is 4.89. The van der Waals surface area contributed by atoms with Crippen molar-refractivity contribution < 1.29 is 29.2 Å². The van der Waals surface area contributed by atoms with Gasteiger partial charge in [0.25, 0.3) is 0 Å². The zero-order valence-electron chi connectivity index (χ0n) is 10.8. The highest BCUT2D eigenvalue weighted by atomic mass is 16.8. The molecular formula is C12H20O6. The van der Waals surface area contributed by atoms with E-state index in [0.717, 1.165) is 0 Å². The largest absolute Gasteiger partial charge is 0.470 e. The summed E-state index contributed by atoms with van der Waals surface area (Å²) >= 11 is 0. The van der Waals surface area contributed by atoms with Gasteiger partial charge in [0.1, 0.15) is 24.4 Å². The predicted molar refractivity (Wildman–Crippen MR) is 61.5 cm³/mol. The Morgan fingerprint density at radius 2 is 1.94 bits per heavy atom. The molecule has 0 saturated carbocycles. The molecule has 6 heteroatoms. The Bertz CT molecular complexity index is 316. The minimum Gasteiger partial charge on any atom is -0.470 e. The molecule has 0 amide bonds. The number of aliphatic hydroxyl groups is 2. The molecule has 0 radical (unpaired) electrons. The SMILES string of the molecule is C/C=C/O[C@@H]1O[C@H](CO)[C@@H]2OC(C)(C)O[C@@H]2[C@H]1O. The first-order valence-electron chi connectivity index (χ1n) is 6.05. The minimum atomic E-state index is -0.962. The second-order valence-electron chi connectivity index (χ2n) is 4.89. The molecule has 2 saturated heterocycles. The molecule has 2 aliphatic heterocycles. The molecule has 2 rings (SSSR count). The van der Waals surface area contributed by atoms with E-state index in [9.17, 15) is 10.2 Å². The average molecular weight is 260 g/mol. The van der Waals surface area contributed by atoms with E-state index >= 15 is 0 Å². The Morgan fingerprint density at radius 3 is 2.56 bits per heavy atom. The molecule has 0 spiro atoms. The topological polar surface area (TPSA) is 77.4 Å². The van der Waals surface area contributed by atoms with Crippen molar-refractivity contribution in [3.8, 4) is 0 Å². The van der Waals surface area contributed by atoms with Crippen LogP contribution >= 0.6 is 0 Å². The van der Waals surface area contributed by atoms with Crippen LogP contribution < -0.4 is 0 Å². The van der Waals surface area contributed by atoms with Crippen molar-refractivity contribution in [3.63, 3.8) is 0 Å². The molecule has 0 aromatic rings. The number of rotatable bonds is 3. The third-order valence-corrected chi connectivity index (χ3v) is 2.98. The molecule has 0 bridgehead atoms. The van der Waals surface area contributed by atoms with Gasteiger partial charge in [-0.1, -0.05) is 6.08 Å². The fourth-order valence-corrected chi connectivity index (χ4v) is 2.27. The summed E-state index contributed by atoms with van der Waals surface area (Å²) in [5.41, 5.74) is 0. The Kier molecular flexibility index (Phi) is 3.93. The van der Waals surface area contributed by atoms with Crippen LogP contribution in [0.25, 0.3) is 0 Å². The van der Waals surface area contributed by atoms with E-state index in [4.69, 9.17) is 18.9 Å². The standard InChI is InChI=1S/C12H20O6/c1-4-5-15-11-8(14)10-9(7(6-13)16-11)17-12(2,3)18-10/h4-5,7-11,13-14H,6H2,1-3H3/b5-4+/t7-,8-,9+,10-,11-/m1/s1. The third kappa shape index (κ3) is 2.53. The molecule has 2 aliphatic rings. The van der Waals surface area contributed by atoms with E-state index in [-0.39, 0.29) is 6.61 Å². The van der Waals surface area contributed by atoms with Gasteiger partial charge < -0.3 is 29.2 Å². The van der Waals surface area contributed by atoms with E-state index in [1.807, 2.05) is 0 Å². The van der Waals surface area contributed by atoms with Crippen LogP contribution in [0.5, 0.6) is 0 Å². The van der Waals surface area contributed by atoms with Crippen molar-refractivity contribution in [1.82, 2.24) is 0 Å². The summed E-state index contributed by atoms with van der Waals surface area (Å²) in [7, 11) is 0. The van der Waals surface area contributed by atoms with Gasteiger partial charge >= 0.3 is 0 Å². The van der Waals surface area contributed by atoms with Gasteiger partial charge in [-0.2, -0.15) is 0 Å². The summed E-state index contributed by atoms with van der Waals surface area (Å²) in [5.74, 6) is -0.803. The van der Waals surface area contributed by atoms with Gasteiger partial charge in [0.15, 0.2) is 5.79 Å². The number of allylic oxidation sites excluding steroid dienone is 1. The number of aliphatic hydroxyl groups excluding tert-OH is 2. The molecule has 104 valence electrons. The summed E-state index contributed by atoms with van der Waals surface area (Å²) in [6.45, 7) is 5.09. The monoisotopic (exact) mass is 260 g/mol. The lowest BCUT2D eigenvalue weighted by molar-refractivity contribution is -0.266. The molecule has 6 nitrogen and oxygen atoms in total. The van der Waals surface area contributed by atoms with Crippen LogP contribution in [0.4, 0.5) is 0 Å². The molecule has 0 aromatic carbocycles. The molecule has 2 N–H and O–H groups in total. The summed E-state index contributed by atoms with van der Waals surface area (Å²) in [4.78, 5) is 0. The number of ether oxygens (including phenoxy) is 4. The molecule has 0 unspecified atom stereocenters. The smallest absolute Gasteiger partial charge is 0.228 e. The van der Waals surface area contributed by atoms with Crippen molar-refractivity contribution in [2.45, 2.75) is 57.3 Å². The van der Waals surface area contributed by atoms with Crippen molar-refractivity contribution in [1.29, 1.82) is 0 Å². The number of fused-ring (bicyclic) bond motifs is 1. The zero-order valence-corrected chi connectivity index (χ0v) is 10.8. The van der Waals surface area contributed by atoms with Crippen molar-refractivity contribution in [3.05, 3.63) is 12.3 Å². The summed E-state index contributed by atoms with van der Waals surface area (Å²) in [5, 5.41) is 19.5. The molecule has 2 heterocycles. The molecule has 0 aliphatic carbocycles. The second kappa shape index (κ2) is 5.14. The Hall–Kier alpha value is -0.660. The highest BCUT2D eigenvalue weighted by Crippen LogP contribution is 2.37. The summed E-state index contributed by atoms with van der Waals surface area (Å²) in [6.07, 6.45) is -0.342. The normalized spacial score (nSPS) is 43.1. The van der Waals surface area contributed by atoms with Gasteiger partial charge in [0, 0.05) is 0 Å². The van der Waals surface area contributed by atoms with E-state index in [2.05, 4.69) is 0 Å². The van der Waals surface area contributed by atoms with Crippen LogP contribution in [-0.4, -0.2) is 53.3 Å². The van der Waals surface area contributed by atoms with Gasteiger partial charge in [-0.25, -0.2) is 0 Å². The molecular weight excluding hydrogens is 240 g/mol. The zero-order chi connectivity index (χ0) is 13.3. The van der Waals surface area contributed by atoms with Gasteiger partial charge in [-0.3, -0.25) is 0 Å². The lowest BCUT2D eigenvalue weighted by Crippen LogP contribution is -2.57. The Balaban J connectivity index is 2.13. The van der Waals surface area contributed by atoms with Gasteiger partial charge in [-0.15, -0.1) is 0 Å². The van der Waals surface area contributed by atoms with Crippen molar-refractivity contribution in [2.75, 3.05) is 6.61 Å². The van der Waals surface area contributed by atoms with E-state index in [0.29, 0.717) is 0 Å². The highest BCUT2D eigenvalue weighted by molar-refractivity contribution is 4.96. The first kappa shape index (κ1) is 13.8. The van der Waals surface area contributed by atoms with Crippen LogP contribution in [0.15, 0.2) is 12.3 Å². The Morgan fingerprint density at radius 1 is 1.28 bits per heavy atom. The maximum atomic E-state index is 10.1. The molecule has 0 aromatic heterocycles. The van der Waals surface area contributed by atoms with Gasteiger partial charge in [0.05, 0.1) is 12.9 Å². The first-order chi connectivity index (χ1) is 8.48. The molecule has 2 fully saturated rings. The van der Waals surface area contributed by atoms with Crippen LogP contribution in [0, 0.1) is 0 Å².